The summed E-state index contributed by atoms with van der Waals surface area (Å²) in [5, 5.41) is 4.77. The molecule has 6 rings (SSSR count). The minimum Gasteiger partial charge on any atom is -0.368 e. The van der Waals surface area contributed by atoms with Crippen LogP contribution >= 0.6 is 12.4 Å². The molecule has 0 radical (unpaired) electrons. The lowest BCUT2D eigenvalue weighted by molar-refractivity contribution is -0.143. The van der Waals surface area contributed by atoms with E-state index in [1.165, 1.54) is 35.0 Å². The number of carbonyl (C=O) groups excluding carboxylic acids is 1. The first kappa shape index (κ1) is 19.4. The van der Waals surface area contributed by atoms with Crippen LogP contribution in [0.5, 0.6) is 0 Å². The van der Waals surface area contributed by atoms with Gasteiger partial charge in [-0.1, -0.05) is 18.2 Å². The van der Waals surface area contributed by atoms with Crippen molar-refractivity contribution in [2.75, 3.05) is 32.8 Å². The Balaban J connectivity index is 0.00000181. The normalized spacial score (nSPS) is 26.9. The minimum absolute atomic E-state index is 0. The monoisotopic (exact) mass is 415 g/mol. The van der Waals surface area contributed by atoms with Gasteiger partial charge in [0.1, 0.15) is 5.60 Å². The lowest BCUT2D eigenvalue weighted by Gasteiger charge is -2.44. The van der Waals surface area contributed by atoms with E-state index in [4.69, 9.17) is 4.74 Å². The summed E-state index contributed by atoms with van der Waals surface area (Å²) in [5.41, 5.74) is 4.00. The molecular weight excluding hydrogens is 386 g/mol. The van der Waals surface area contributed by atoms with Gasteiger partial charge in [-0.05, 0) is 68.7 Å². The quantitative estimate of drug-likeness (QED) is 0.750. The molecule has 6 heteroatoms. The summed E-state index contributed by atoms with van der Waals surface area (Å²) in [6.07, 6.45) is 6.23. The molecule has 2 aromatic rings. The first-order chi connectivity index (χ1) is 13.7. The maximum absolute atomic E-state index is 13.1. The number of para-hydroxylation sites is 1. The van der Waals surface area contributed by atoms with E-state index >= 15 is 0 Å². The predicted molar refractivity (Wildman–Crippen MR) is 115 cm³/mol. The van der Waals surface area contributed by atoms with Crippen molar-refractivity contribution < 1.29 is 9.53 Å². The number of piperidine rings is 2. The molecule has 4 aliphatic rings. The number of nitrogens with zero attached hydrogens (tertiary/aromatic N) is 1. The second-order valence-corrected chi connectivity index (χ2v) is 9.31. The van der Waals surface area contributed by atoms with Gasteiger partial charge in [-0.15, -0.1) is 12.4 Å². The van der Waals surface area contributed by atoms with E-state index in [0.29, 0.717) is 11.3 Å². The van der Waals surface area contributed by atoms with Crippen LogP contribution in [0.1, 0.15) is 43.4 Å². The smallest absolute Gasteiger partial charge is 0.226 e. The Kier molecular flexibility index (Phi) is 4.68. The van der Waals surface area contributed by atoms with Gasteiger partial charge in [-0.2, -0.15) is 0 Å². The van der Waals surface area contributed by atoms with Gasteiger partial charge in [0.2, 0.25) is 5.91 Å². The van der Waals surface area contributed by atoms with E-state index in [1.54, 1.807) is 0 Å². The van der Waals surface area contributed by atoms with Crippen molar-refractivity contribution >= 4 is 29.2 Å². The summed E-state index contributed by atoms with van der Waals surface area (Å²) in [6, 6.07) is 8.58. The van der Waals surface area contributed by atoms with E-state index in [9.17, 15) is 4.79 Å². The van der Waals surface area contributed by atoms with Crippen molar-refractivity contribution in [1.82, 2.24) is 15.2 Å². The third kappa shape index (κ3) is 2.93. The number of hydrogen-bond acceptors (Lipinski definition) is 3. The lowest BCUT2D eigenvalue weighted by atomic mass is 9.83. The Morgan fingerprint density at radius 2 is 1.86 bits per heavy atom. The molecule has 1 saturated carbocycles. The third-order valence-corrected chi connectivity index (χ3v) is 7.97. The number of likely N-dealkylation sites (tertiary alicyclic amines) is 1. The lowest BCUT2D eigenvalue weighted by Crippen LogP contribution is -2.49. The van der Waals surface area contributed by atoms with Gasteiger partial charge < -0.3 is 19.9 Å². The van der Waals surface area contributed by atoms with Crippen LogP contribution in [0.4, 0.5) is 0 Å². The molecule has 1 atom stereocenters. The molecule has 1 aromatic carbocycles. The number of ether oxygens (including phenoxy) is 1. The molecule has 29 heavy (non-hydrogen) atoms. The predicted octanol–water partition coefficient (Wildman–Crippen LogP) is 3.37. The first-order valence-electron chi connectivity index (χ1n) is 10.9. The molecule has 5 nitrogen and oxygen atoms in total. The topological polar surface area (TPSA) is 57.4 Å². The van der Waals surface area contributed by atoms with E-state index in [2.05, 4.69) is 39.5 Å². The van der Waals surface area contributed by atoms with Crippen molar-refractivity contribution in [2.45, 2.75) is 44.1 Å². The maximum Gasteiger partial charge on any atom is 0.226 e. The summed E-state index contributed by atoms with van der Waals surface area (Å²) in [4.78, 5) is 18.9. The van der Waals surface area contributed by atoms with Gasteiger partial charge in [-0.25, -0.2) is 0 Å². The standard InChI is InChI=1S/C23H29N3O2.ClH/c27-21(18-15-22(18)6-10-24-11-7-22)26-12-8-23(9-13-26)20-17(5-14-28-23)16-3-1-2-4-19(16)25-20;/h1-4,18,24-25H,5-15H2;1H. The molecule has 1 aliphatic carbocycles. The van der Waals surface area contributed by atoms with Crippen LogP contribution in [0.2, 0.25) is 0 Å². The number of rotatable bonds is 1. The minimum atomic E-state index is -0.237. The Labute approximate surface area is 178 Å². The maximum atomic E-state index is 13.1. The number of H-pyrrole nitrogens is 1. The molecule has 1 unspecified atom stereocenters. The zero-order chi connectivity index (χ0) is 18.8. The van der Waals surface area contributed by atoms with Crippen LogP contribution in [0.15, 0.2) is 24.3 Å². The Hall–Kier alpha value is -1.56. The van der Waals surface area contributed by atoms with E-state index in [0.717, 1.165) is 58.5 Å². The van der Waals surface area contributed by atoms with Crippen LogP contribution in [0, 0.1) is 11.3 Å². The van der Waals surface area contributed by atoms with Crippen molar-refractivity contribution in [3.8, 4) is 0 Å². The summed E-state index contributed by atoms with van der Waals surface area (Å²) < 4.78 is 6.40. The highest BCUT2D eigenvalue weighted by atomic mass is 35.5. The Morgan fingerprint density at radius 1 is 1.10 bits per heavy atom. The molecule has 156 valence electrons. The summed E-state index contributed by atoms with van der Waals surface area (Å²) in [7, 11) is 0. The van der Waals surface area contributed by atoms with Crippen LogP contribution in [-0.4, -0.2) is 48.6 Å². The van der Waals surface area contributed by atoms with Gasteiger partial charge in [0.25, 0.3) is 0 Å². The summed E-state index contributed by atoms with van der Waals surface area (Å²) in [6.45, 7) is 4.56. The Bertz CT molecular complexity index is 925. The fourth-order valence-electron chi connectivity index (χ4n) is 6.15. The zero-order valence-electron chi connectivity index (χ0n) is 16.8. The highest BCUT2D eigenvalue weighted by molar-refractivity contribution is 5.86. The van der Waals surface area contributed by atoms with Crippen LogP contribution < -0.4 is 5.32 Å². The van der Waals surface area contributed by atoms with Crippen molar-refractivity contribution in [1.29, 1.82) is 0 Å². The fourth-order valence-corrected chi connectivity index (χ4v) is 6.15. The number of nitrogens with one attached hydrogen (secondary N) is 2. The van der Waals surface area contributed by atoms with Crippen LogP contribution in [-0.2, 0) is 21.6 Å². The van der Waals surface area contributed by atoms with E-state index in [-0.39, 0.29) is 23.9 Å². The number of aromatic nitrogens is 1. The number of benzene rings is 1. The second kappa shape index (κ2) is 7.00. The summed E-state index contributed by atoms with van der Waals surface area (Å²) >= 11 is 0. The van der Waals surface area contributed by atoms with Gasteiger partial charge >= 0.3 is 0 Å². The number of halogens is 1. The van der Waals surface area contributed by atoms with Crippen molar-refractivity contribution in [2.24, 2.45) is 11.3 Å². The van der Waals surface area contributed by atoms with E-state index in [1.807, 2.05) is 0 Å². The molecule has 3 fully saturated rings. The first-order valence-corrected chi connectivity index (χ1v) is 10.9. The molecular formula is C23H30ClN3O2. The third-order valence-electron chi connectivity index (χ3n) is 7.97. The molecule has 3 aliphatic heterocycles. The second-order valence-electron chi connectivity index (χ2n) is 9.31. The van der Waals surface area contributed by atoms with E-state index < -0.39 is 0 Å². The zero-order valence-corrected chi connectivity index (χ0v) is 17.7. The number of hydrogen-bond donors (Lipinski definition) is 2. The molecule has 2 spiro atoms. The molecule has 1 amide bonds. The van der Waals surface area contributed by atoms with Gasteiger partial charge in [0, 0.05) is 29.9 Å². The largest absolute Gasteiger partial charge is 0.368 e. The SMILES string of the molecule is Cl.O=C(C1CC12CCNCC2)N1CCC2(CC1)OCCc1c2[nH]c2ccccc12. The highest BCUT2D eigenvalue weighted by Crippen LogP contribution is 2.59. The number of amides is 1. The molecule has 0 bridgehead atoms. The molecule has 4 heterocycles. The van der Waals surface area contributed by atoms with Crippen molar-refractivity contribution in [3.05, 3.63) is 35.5 Å². The average Bonchev–Trinajstić information content (AvgIpc) is 3.28. The number of aromatic amines is 1. The number of carbonyl (C=O) groups is 1. The Morgan fingerprint density at radius 3 is 2.66 bits per heavy atom. The molecule has 2 saturated heterocycles. The van der Waals surface area contributed by atoms with Crippen molar-refractivity contribution in [3.63, 3.8) is 0 Å². The number of fused-ring (bicyclic) bond motifs is 4. The van der Waals surface area contributed by atoms with Crippen LogP contribution in [0.25, 0.3) is 10.9 Å². The molecule has 1 aromatic heterocycles. The van der Waals surface area contributed by atoms with Gasteiger partial charge in [0.05, 0.1) is 12.3 Å². The van der Waals surface area contributed by atoms with Gasteiger partial charge in [-0.3, -0.25) is 4.79 Å². The average molecular weight is 416 g/mol. The highest BCUT2D eigenvalue weighted by Gasteiger charge is 2.59. The fraction of sp³-hybridized carbons (Fsp3) is 0.609. The van der Waals surface area contributed by atoms with Gasteiger partial charge in [0.15, 0.2) is 0 Å². The summed E-state index contributed by atoms with van der Waals surface area (Å²) in [5.74, 6) is 0.684. The van der Waals surface area contributed by atoms with Crippen LogP contribution in [0.3, 0.4) is 0 Å². The molecule has 2 N–H and O–H groups in total.